The number of carbonyl (C=O) groups excluding carboxylic acids is 1. The molecule has 32 heavy (non-hydrogen) atoms. The second-order valence-electron chi connectivity index (χ2n) is 7.35. The lowest BCUT2D eigenvalue weighted by Gasteiger charge is -2.21. The number of nitrogens with zero attached hydrogens (tertiary/aromatic N) is 2. The van der Waals surface area contributed by atoms with Crippen LogP contribution in [-0.4, -0.2) is 35.5 Å². The monoisotopic (exact) mass is 453 g/mol. The Labute approximate surface area is 183 Å². The van der Waals surface area contributed by atoms with Crippen molar-refractivity contribution >= 4 is 38.0 Å². The third kappa shape index (κ3) is 4.92. The molecule has 8 nitrogen and oxygen atoms in total. The first kappa shape index (κ1) is 21.4. The van der Waals surface area contributed by atoms with E-state index in [-0.39, 0.29) is 5.75 Å². The Morgan fingerprint density at radius 3 is 2.59 bits per heavy atom. The summed E-state index contributed by atoms with van der Waals surface area (Å²) < 4.78 is 38.2. The molecule has 3 heterocycles. The molecule has 3 aromatic heterocycles. The summed E-state index contributed by atoms with van der Waals surface area (Å²) in [7, 11) is -3.34. The molecule has 0 saturated carbocycles. The van der Waals surface area contributed by atoms with Crippen LogP contribution in [0.1, 0.15) is 17.2 Å². The number of hydrogen-bond acceptors (Lipinski definition) is 6. The fraction of sp³-hybridized carbons (Fsp3) is 0.136. The summed E-state index contributed by atoms with van der Waals surface area (Å²) in [6.45, 7) is 0. The maximum absolute atomic E-state index is 14.6. The van der Waals surface area contributed by atoms with E-state index in [2.05, 4.69) is 25.6 Å². The van der Waals surface area contributed by atoms with Gasteiger partial charge in [-0.15, -0.1) is 0 Å². The topological polar surface area (TPSA) is 117 Å². The molecule has 0 aliphatic carbocycles. The predicted molar refractivity (Wildman–Crippen MR) is 120 cm³/mol. The van der Waals surface area contributed by atoms with Gasteiger partial charge in [-0.2, -0.15) is 0 Å². The quantitative estimate of drug-likeness (QED) is 0.395. The van der Waals surface area contributed by atoms with E-state index >= 15 is 0 Å². The molecule has 3 N–H and O–H groups in total. The van der Waals surface area contributed by atoms with Gasteiger partial charge in [-0.25, -0.2) is 12.8 Å². The number of H-pyrrole nitrogens is 1. The van der Waals surface area contributed by atoms with Crippen LogP contribution in [0.25, 0.3) is 10.9 Å². The summed E-state index contributed by atoms with van der Waals surface area (Å²) in [5.74, 6) is -1.28. The maximum Gasteiger partial charge on any atom is 0.251 e. The van der Waals surface area contributed by atoms with Crippen LogP contribution in [0.4, 0.5) is 15.8 Å². The van der Waals surface area contributed by atoms with Gasteiger partial charge < -0.3 is 15.6 Å². The zero-order valence-electron chi connectivity index (χ0n) is 17.0. The van der Waals surface area contributed by atoms with Crippen molar-refractivity contribution in [3.05, 3.63) is 84.3 Å². The Kier molecular flexibility index (Phi) is 5.87. The van der Waals surface area contributed by atoms with Crippen LogP contribution in [0.3, 0.4) is 0 Å². The van der Waals surface area contributed by atoms with Crippen LogP contribution in [-0.2, 0) is 20.4 Å². The molecular formula is C22H20FN5O3S. The molecule has 10 heteroatoms. The van der Waals surface area contributed by atoms with Crippen molar-refractivity contribution in [2.24, 2.45) is 0 Å². The molecule has 1 atom stereocenters. The largest absolute Gasteiger partial charge is 0.369 e. The molecule has 0 bridgehead atoms. The molecular weight excluding hydrogens is 433 g/mol. The van der Waals surface area contributed by atoms with Gasteiger partial charge in [0.2, 0.25) is 0 Å². The number of nitrogens with one attached hydrogen (secondary N) is 3. The van der Waals surface area contributed by atoms with Crippen molar-refractivity contribution in [1.82, 2.24) is 15.0 Å². The molecule has 4 rings (SSSR count). The van der Waals surface area contributed by atoms with Gasteiger partial charge >= 0.3 is 0 Å². The number of fused-ring (bicyclic) bond motifs is 1. The van der Waals surface area contributed by atoms with Crippen molar-refractivity contribution in [1.29, 1.82) is 0 Å². The van der Waals surface area contributed by atoms with E-state index in [1.54, 1.807) is 49.1 Å². The van der Waals surface area contributed by atoms with E-state index in [9.17, 15) is 17.6 Å². The van der Waals surface area contributed by atoms with E-state index < -0.39 is 27.6 Å². The number of halogens is 1. The molecule has 4 aromatic rings. The lowest BCUT2D eigenvalue weighted by atomic mass is 10.0. The van der Waals surface area contributed by atoms with E-state index in [1.165, 1.54) is 18.3 Å². The van der Waals surface area contributed by atoms with Gasteiger partial charge in [-0.05, 0) is 42.0 Å². The SMILES string of the molecule is CS(=O)(=O)Cc1c[nH]c2c(C(Nc3cccnc3)C(=O)Nc3ccncc3)cc(F)cc12. The molecule has 0 aliphatic rings. The van der Waals surface area contributed by atoms with Crippen LogP contribution in [0.15, 0.2) is 67.4 Å². The second-order valence-corrected chi connectivity index (χ2v) is 9.49. The number of aromatic amines is 1. The van der Waals surface area contributed by atoms with Gasteiger partial charge in [0.15, 0.2) is 9.84 Å². The highest BCUT2D eigenvalue weighted by Gasteiger charge is 2.26. The zero-order chi connectivity index (χ0) is 22.7. The normalized spacial score (nSPS) is 12.4. The first-order chi connectivity index (χ1) is 15.3. The van der Waals surface area contributed by atoms with Gasteiger partial charge in [-0.1, -0.05) is 0 Å². The third-order valence-corrected chi connectivity index (χ3v) is 5.62. The molecule has 1 amide bonds. The first-order valence-corrected chi connectivity index (χ1v) is 11.7. The number of amides is 1. The molecule has 0 saturated heterocycles. The highest BCUT2D eigenvalue weighted by Crippen LogP contribution is 2.31. The standard InChI is InChI=1S/C22H20FN5O3S/c1-32(30,31)13-14-11-26-20-18(14)9-15(23)10-19(20)21(27-17-3-2-6-25-12-17)22(29)28-16-4-7-24-8-5-16/h2-12,21,26-27H,13H2,1H3,(H,24,28,29). The van der Waals surface area contributed by atoms with Crippen LogP contribution in [0, 0.1) is 5.82 Å². The average molecular weight is 453 g/mol. The lowest BCUT2D eigenvalue weighted by Crippen LogP contribution is -2.27. The highest BCUT2D eigenvalue weighted by molar-refractivity contribution is 7.89. The van der Waals surface area contributed by atoms with Crippen molar-refractivity contribution in [2.45, 2.75) is 11.8 Å². The van der Waals surface area contributed by atoms with Crippen LogP contribution in [0.2, 0.25) is 0 Å². The molecule has 1 unspecified atom stereocenters. The minimum atomic E-state index is -3.34. The number of benzene rings is 1. The lowest BCUT2D eigenvalue weighted by molar-refractivity contribution is -0.117. The molecule has 0 fully saturated rings. The van der Waals surface area contributed by atoms with E-state index in [4.69, 9.17) is 0 Å². The molecule has 1 aromatic carbocycles. The van der Waals surface area contributed by atoms with Gasteiger partial charge in [0.05, 0.1) is 17.0 Å². The number of rotatable bonds is 7. The smallest absolute Gasteiger partial charge is 0.251 e. The summed E-state index contributed by atoms with van der Waals surface area (Å²) in [4.78, 5) is 24.3. The fourth-order valence-corrected chi connectivity index (χ4v) is 4.26. The van der Waals surface area contributed by atoms with Crippen molar-refractivity contribution < 1.29 is 17.6 Å². The Bertz CT molecular complexity index is 1360. The number of pyridine rings is 2. The van der Waals surface area contributed by atoms with Crippen molar-refractivity contribution in [3.8, 4) is 0 Å². The van der Waals surface area contributed by atoms with Gasteiger partial charge in [0, 0.05) is 53.9 Å². The fourth-order valence-electron chi connectivity index (χ4n) is 3.46. The average Bonchev–Trinajstić information content (AvgIpc) is 3.14. The third-order valence-electron chi connectivity index (χ3n) is 4.78. The molecule has 0 radical (unpaired) electrons. The summed E-state index contributed by atoms with van der Waals surface area (Å²) in [5.41, 5.74) is 2.31. The minimum Gasteiger partial charge on any atom is -0.369 e. The molecule has 0 aliphatic heterocycles. The van der Waals surface area contributed by atoms with Crippen LogP contribution >= 0.6 is 0 Å². The summed E-state index contributed by atoms with van der Waals surface area (Å²) in [5, 5.41) is 6.30. The number of hydrogen-bond donors (Lipinski definition) is 3. The number of aromatic nitrogens is 3. The number of sulfone groups is 1. The Hall–Kier alpha value is -3.79. The van der Waals surface area contributed by atoms with E-state index in [1.807, 2.05) is 0 Å². The Morgan fingerprint density at radius 1 is 1.12 bits per heavy atom. The summed E-state index contributed by atoms with van der Waals surface area (Å²) >= 11 is 0. The maximum atomic E-state index is 14.6. The van der Waals surface area contributed by atoms with E-state index in [0.717, 1.165) is 6.26 Å². The zero-order valence-corrected chi connectivity index (χ0v) is 17.9. The summed E-state index contributed by atoms with van der Waals surface area (Å²) in [6.07, 6.45) is 8.87. The molecule has 164 valence electrons. The summed E-state index contributed by atoms with van der Waals surface area (Å²) in [6, 6.07) is 8.23. The van der Waals surface area contributed by atoms with Crippen molar-refractivity contribution in [2.75, 3.05) is 16.9 Å². The first-order valence-electron chi connectivity index (χ1n) is 9.65. The number of anilines is 2. The van der Waals surface area contributed by atoms with Crippen LogP contribution in [0.5, 0.6) is 0 Å². The van der Waals surface area contributed by atoms with Crippen molar-refractivity contribution in [3.63, 3.8) is 0 Å². The predicted octanol–water partition coefficient (Wildman–Crippen LogP) is 3.43. The van der Waals surface area contributed by atoms with Gasteiger partial charge in [0.1, 0.15) is 11.9 Å². The Morgan fingerprint density at radius 2 is 1.91 bits per heavy atom. The highest BCUT2D eigenvalue weighted by atomic mass is 32.2. The van der Waals surface area contributed by atoms with Crippen LogP contribution < -0.4 is 10.6 Å². The minimum absolute atomic E-state index is 0.250. The molecule has 0 spiro atoms. The Balaban J connectivity index is 1.80. The second kappa shape index (κ2) is 8.75. The van der Waals surface area contributed by atoms with E-state index in [0.29, 0.717) is 33.4 Å². The van der Waals surface area contributed by atoms with Gasteiger partial charge in [0.25, 0.3) is 5.91 Å². The van der Waals surface area contributed by atoms with Gasteiger partial charge in [-0.3, -0.25) is 14.8 Å². The number of carbonyl (C=O) groups is 1.